The molecule has 4 aromatic rings. The van der Waals surface area contributed by atoms with Crippen molar-refractivity contribution >= 4 is 21.8 Å². The van der Waals surface area contributed by atoms with Crippen LogP contribution in [0.1, 0.15) is 49.3 Å². The van der Waals surface area contributed by atoms with Crippen LogP contribution < -0.4 is 0 Å². The number of alkyl halides is 2. The highest BCUT2D eigenvalue weighted by Gasteiger charge is 2.40. The number of rotatable bonds is 6. The summed E-state index contributed by atoms with van der Waals surface area (Å²) >= 11 is 0. The molecule has 4 heterocycles. The molecule has 5 nitrogen and oxygen atoms in total. The highest BCUT2D eigenvalue weighted by atomic mass is 19.1. The van der Waals surface area contributed by atoms with E-state index in [1.807, 2.05) is 6.07 Å². The van der Waals surface area contributed by atoms with E-state index >= 15 is 4.39 Å². The number of para-hydroxylation sites is 1. The number of likely N-dealkylation sites (tertiary alicyclic amines) is 1. The molecule has 2 aromatic carbocycles. The van der Waals surface area contributed by atoms with Gasteiger partial charge in [0.05, 0.1) is 23.9 Å². The van der Waals surface area contributed by atoms with Crippen LogP contribution in [0, 0.1) is 5.92 Å². The van der Waals surface area contributed by atoms with Crippen molar-refractivity contribution in [3.05, 3.63) is 65.0 Å². The predicted octanol–water partition coefficient (Wildman–Crippen LogP) is 5.53. The first kappa shape index (κ1) is 22.7. The average Bonchev–Trinajstić information content (AvgIpc) is 3.36. The van der Waals surface area contributed by atoms with Gasteiger partial charge in [0.2, 0.25) is 0 Å². The van der Waals surface area contributed by atoms with Crippen LogP contribution >= 0.6 is 0 Å². The topological polar surface area (TPSA) is 51.0 Å². The molecule has 0 radical (unpaired) electrons. The van der Waals surface area contributed by atoms with Crippen molar-refractivity contribution < 1.29 is 8.78 Å². The van der Waals surface area contributed by atoms with Gasteiger partial charge in [-0.05, 0) is 50.5 Å². The molecule has 7 heteroatoms. The average molecular weight is 478 g/mol. The second-order valence-corrected chi connectivity index (χ2v) is 11.1. The second-order valence-electron chi connectivity index (χ2n) is 11.1. The summed E-state index contributed by atoms with van der Waals surface area (Å²) in [6.45, 7) is 8.03. The maximum absolute atomic E-state index is 15.0. The van der Waals surface area contributed by atoms with E-state index in [-0.39, 0.29) is 24.7 Å². The van der Waals surface area contributed by atoms with Crippen molar-refractivity contribution in [1.29, 1.82) is 0 Å². The van der Waals surface area contributed by atoms with Crippen molar-refractivity contribution in [3.8, 4) is 0 Å². The number of aromatic amines is 2. The number of fused-ring (bicyclic) bond motifs is 4. The summed E-state index contributed by atoms with van der Waals surface area (Å²) in [6, 6.07) is 14.8. The minimum Gasteiger partial charge on any atom is -0.357 e. The number of aromatic nitrogens is 3. The zero-order chi connectivity index (χ0) is 24.3. The Bertz CT molecular complexity index is 1360. The van der Waals surface area contributed by atoms with Crippen LogP contribution in [0.3, 0.4) is 0 Å². The maximum atomic E-state index is 15.0. The Morgan fingerprint density at radius 1 is 1.09 bits per heavy atom. The number of hydrogen-bond acceptors (Lipinski definition) is 3. The highest BCUT2D eigenvalue weighted by molar-refractivity contribution is 5.87. The van der Waals surface area contributed by atoms with Crippen LogP contribution in [0.15, 0.2) is 42.5 Å². The molecule has 6 rings (SSSR count). The predicted molar refractivity (Wildman–Crippen MR) is 136 cm³/mol. The molecular weight excluding hydrogens is 444 g/mol. The van der Waals surface area contributed by atoms with E-state index in [1.54, 1.807) is 13.8 Å². The summed E-state index contributed by atoms with van der Waals surface area (Å²) < 4.78 is 27.8. The van der Waals surface area contributed by atoms with E-state index < -0.39 is 5.67 Å². The van der Waals surface area contributed by atoms with Gasteiger partial charge in [0.25, 0.3) is 0 Å². The number of nitrogens with zero attached hydrogens (tertiary/aromatic N) is 3. The Kier molecular flexibility index (Phi) is 5.45. The van der Waals surface area contributed by atoms with Gasteiger partial charge in [-0.15, -0.1) is 0 Å². The van der Waals surface area contributed by atoms with Crippen LogP contribution in [-0.4, -0.2) is 63.0 Å². The highest BCUT2D eigenvalue weighted by Crippen LogP contribution is 2.42. The Hall–Kier alpha value is -2.77. The van der Waals surface area contributed by atoms with E-state index in [0.29, 0.717) is 6.54 Å². The quantitative estimate of drug-likeness (QED) is 0.384. The smallest absolute Gasteiger partial charge is 0.118 e. The molecule has 2 aliphatic heterocycles. The number of H-pyrrole nitrogens is 2. The molecule has 1 saturated heterocycles. The first-order chi connectivity index (χ1) is 16.8. The van der Waals surface area contributed by atoms with E-state index in [2.05, 4.69) is 68.3 Å². The van der Waals surface area contributed by atoms with E-state index in [9.17, 15) is 4.39 Å². The first-order valence-corrected chi connectivity index (χ1v) is 12.6. The fraction of sp³-hybridized carbons (Fsp3) is 0.464. The summed E-state index contributed by atoms with van der Waals surface area (Å²) in [5.41, 5.74) is 5.31. The first-order valence-electron chi connectivity index (χ1n) is 12.6. The van der Waals surface area contributed by atoms with Gasteiger partial charge in [-0.1, -0.05) is 30.3 Å². The summed E-state index contributed by atoms with van der Waals surface area (Å²) in [7, 11) is 0. The van der Waals surface area contributed by atoms with Crippen molar-refractivity contribution in [3.63, 3.8) is 0 Å². The summed E-state index contributed by atoms with van der Waals surface area (Å²) in [6.07, 6.45) is 0.873. The Balaban J connectivity index is 1.41. The van der Waals surface area contributed by atoms with E-state index in [0.717, 1.165) is 53.9 Å². The van der Waals surface area contributed by atoms with E-state index in [1.165, 1.54) is 16.5 Å². The van der Waals surface area contributed by atoms with Gasteiger partial charge >= 0.3 is 0 Å². The third-order valence-electron chi connectivity index (χ3n) is 7.66. The molecule has 0 unspecified atom stereocenters. The molecule has 2 atom stereocenters. The van der Waals surface area contributed by atoms with Crippen molar-refractivity contribution in [2.45, 2.75) is 51.5 Å². The molecule has 184 valence electrons. The number of halogens is 2. The lowest BCUT2D eigenvalue weighted by Gasteiger charge is -2.42. The SMILES string of the molecule is C[C@@H]1Cc2c([nH]c3ccccc23)[C@@H](c2[nH]nc3cc(CN4CC(CF)C4)ccc23)N1CC(C)(C)F. The molecule has 0 saturated carbocycles. The lowest BCUT2D eigenvalue weighted by Crippen LogP contribution is -2.48. The zero-order valence-electron chi connectivity index (χ0n) is 20.6. The molecule has 0 bridgehead atoms. The molecule has 2 aliphatic rings. The summed E-state index contributed by atoms with van der Waals surface area (Å²) in [4.78, 5) is 8.21. The second kappa shape index (κ2) is 8.42. The van der Waals surface area contributed by atoms with Gasteiger partial charge in [-0.25, -0.2) is 4.39 Å². The molecular formula is C28H33F2N5. The van der Waals surface area contributed by atoms with Crippen LogP contribution in [-0.2, 0) is 13.0 Å². The summed E-state index contributed by atoms with van der Waals surface area (Å²) in [5, 5.41) is 10.3. The zero-order valence-corrected chi connectivity index (χ0v) is 20.6. The van der Waals surface area contributed by atoms with Crippen molar-refractivity contribution in [1.82, 2.24) is 25.0 Å². The van der Waals surface area contributed by atoms with Gasteiger partial charge in [0.15, 0.2) is 0 Å². The lowest BCUT2D eigenvalue weighted by atomic mass is 9.88. The normalized spacial score (nSPS) is 22.1. The van der Waals surface area contributed by atoms with Crippen LogP contribution in [0.5, 0.6) is 0 Å². The monoisotopic (exact) mass is 477 g/mol. The van der Waals surface area contributed by atoms with Gasteiger partial charge in [0, 0.05) is 60.1 Å². The van der Waals surface area contributed by atoms with Gasteiger partial charge in [-0.3, -0.25) is 19.3 Å². The Morgan fingerprint density at radius 2 is 1.89 bits per heavy atom. The molecule has 0 spiro atoms. The maximum Gasteiger partial charge on any atom is 0.118 e. The van der Waals surface area contributed by atoms with Crippen LogP contribution in [0.25, 0.3) is 21.8 Å². The molecule has 2 N–H and O–H groups in total. The molecule has 35 heavy (non-hydrogen) atoms. The fourth-order valence-corrected chi connectivity index (χ4v) is 6.05. The third kappa shape index (κ3) is 4.04. The minimum absolute atomic E-state index is 0.146. The van der Waals surface area contributed by atoms with Crippen molar-refractivity contribution in [2.24, 2.45) is 5.92 Å². The van der Waals surface area contributed by atoms with Gasteiger partial charge in [-0.2, -0.15) is 5.10 Å². The Labute approximate surface area is 204 Å². The summed E-state index contributed by atoms with van der Waals surface area (Å²) in [5.74, 6) is 0.181. The number of nitrogens with one attached hydrogen (secondary N) is 2. The number of hydrogen-bond donors (Lipinski definition) is 2. The molecule has 0 amide bonds. The molecule has 0 aliphatic carbocycles. The lowest BCUT2D eigenvalue weighted by molar-refractivity contribution is 0.0658. The molecule has 1 fully saturated rings. The van der Waals surface area contributed by atoms with Crippen LogP contribution in [0.4, 0.5) is 8.78 Å². The Morgan fingerprint density at radius 3 is 2.66 bits per heavy atom. The van der Waals surface area contributed by atoms with Crippen molar-refractivity contribution in [2.75, 3.05) is 26.3 Å². The van der Waals surface area contributed by atoms with Gasteiger partial charge < -0.3 is 4.98 Å². The standard InChI is InChI=1S/C28H33F2N5/c1-17-10-22-20-6-4-5-7-23(20)31-25(22)27(35(17)16-28(2,3)30)26-21-9-8-18(11-24(21)32-33-26)13-34-14-19(12-29)15-34/h4-9,11,17,19,27,31H,10,12-16H2,1-3H3,(H,32,33)/t17-,27+/m1/s1. The number of benzene rings is 2. The third-order valence-corrected chi connectivity index (χ3v) is 7.66. The van der Waals surface area contributed by atoms with E-state index in [4.69, 9.17) is 0 Å². The largest absolute Gasteiger partial charge is 0.357 e. The minimum atomic E-state index is -1.33. The fourth-order valence-electron chi connectivity index (χ4n) is 6.05. The molecule has 2 aromatic heterocycles. The van der Waals surface area contributed by atoms with Crippen LogP contribution in [0.2, 0.25) is 0 Å². The van der Waals surface area contributed by atoms with Gasteiger partial charge in [0.1, 0.15) is 5.67 Å².